The lowest BCUT2D eigenvalue weighted by molar-refractivity contribution is 0.102. The topological polar surface area (TPSA) is 79.0 Å². The summed E-state index contributed by atoms with van der Waals surface area (Å²) in [5.74, 6) is -0.112. The van der Waals surface area contributed by atoms with E-state index in [1.165, 1.54) is 29.6 Å². The van der Waals surface area contributed by atoms with E-state index in [9.17, 15) is 13.2 Å². The fourth-order valence-electron chi connectivity index (χ4n) is 3.73. The molecule has 1 fully saturated rings. The van der Waals surface area contributed by atoms with Crippen molar-refractivity contribution in [3.63, 3.8) is 0 Å². The summed E-state index contributed by atoms with van der Waals surface area (Å²) in [6.07, 6.45) is 0. The summed E-state index contributed by atoms with van der Waals surface area (Å²) >= 11 is 0. The molecule has 31 heavy (non-hydrogen) atoms. The van der Waals surface area contributed by atoms with E-state index in [4.69, 9.17) is 4.74 Å². The molecule has 7 nitrogen and oxygen atoms in total. The molecule has 0 aromatic heterocycles. The summed E-state index contributed by atoms with van der Waals surface area (Å²) in [5.41, 5.74) is 0.822. The third kappa shape index (κ3) is 4.27. The van der Waals surface area contributed by atoms with Crippen molar-refractivity contribution in [2.75, 3.05) is 45.7 Å². The van der Waals surface area contributed by atoms with Gasteiger partial charge < -0.3 is 15.0 Å². The van der Waals surface area contributed by atoms with Crippen LogP contribution in [0.15, 0.2) is 65.6 Å². The first-order valence-corrected chi connectivity index (χ1v) is 11.5. The minimum atomic E-state index is -3.70. The zero-order chi connectivity index (χ0) is 22.0. The standard InChI is InChI=1S/C23H25N3O4S/c1-25-12-14-26(15-13-25)31(28,29)18-10-11-22(30-2)20(16-18)23(27)24-21-9-5-7-17-6-3-4-8-19(17)21/h3-11,16H,12-15H2,1-2H3,(H,24,27). The van der Waals surface area contributed by atoms with Crippen LogP contribution in [0.25, 0.3) is 10.8 Å². The lowest BCUT2D eigenvalue weighted by Crippen LogP contribution is -2.47. The predicted molar refractivity (Wildman–Crippen MR) is 121 cm³/mol. The number of benzene rings is 3. The number of rotatable bonds is 5. The highest BCUT2D eigenvalue weighted by molar-refractivity contribution is 7.89. The molecule has 1 aliphatic heterocycles. The van der Waals surface area contributed by atoms with E-state index in [2.05, 4.69) is 10.2 Å². The van der Waals surface area contributed by atoms with Gasteiger partial charge in [0.25, 0.3) is 5.91 Å². The van der Waals surface area contributed by atoms with Crippen LogP contribution in [0.5, 0.6) is 5.75 Å². The maximum atomic E-state index is 13.1. The van der Waals surface area contributed by atoms with E-state index >= 15 is 0 Å². The Morgan fingerprint density at radius 3 is 2.42 bits per heavy atom. The van der Waals surface area contributed by atoms with E-state index in [0.29, 0.717) is 37.6 Å². The minimum Gasteiger partial charge on any atom is -0.496 e. The van der Waals surface area contributed by atoms with Crippen LogP contribution in [0, 0.1) is 0 Å². The van der Waals surface area contributed by atoms with Gasteiger partial charge in [0.2, 0.25) is 10.0 Å². The van der Waals surface area contributed by atoms with Crippen molar-refractivity contribution >= 4 is 32.4 Å². The van der Waals surface area contributed by atoms with Gasteiger partial charge in [-0.3, -0.25) is 4.79 Å². The molecule has 3 aromatic carbocycles. The third-order valence-electron chi connectivity index (χ3n) is 5.55. The molecule has 0 aliphatic carbocycles. The van der Waals surface area contributed by atoms with E-state index in [1.807, 2.05) is 49.5 Å². The van der Waals surface area contributed by atoms with Gasteiger partial charge in [-0.15, -0.1) is 0 Å². The van der Waals surface area contributed by atoms with Crippen molar-refractivity contribution in [3.8, 4) is 5.75 Å². The Hall–Kier alpha value is -2.94. The molecule has 1 heterocycles. The number of carbonyl (C=O) groups excluding carboxylic acids is 1. The van der Waals surface area contributed by atoms with Crippen LogP contribution in [0.3, 0.4) is 0 Å². The second-order valence-electron chi connectivity index (χ2n) is 7.55. The zero-order valence-corrected chi connectivity index (χ0v) is 18.4. The predicted octanol–water partition coefficient (Wildman–Crippen LogP) is 3.04. The van der Waals surface area contributed by atoms with Gasteiger partial charge in [0.15, 0.2) is 0 Å². The number of fused-ring (bicyclic) bond motifs is 1. The Bertz CT molecular complexity index is 1210. The Balaban J connectivity index is 1.67. The zero-order valence-electron chi connectivity index (χ0n) is 17.5. The smallest absolute Gasteiger partial charge is 0.259 e. The highest BCUT2D eigenvalue weighted by atomic mass is 32.2. The van der Waals surface area contributed by atoms with E-state index in [0.717, 1.165) is 10.8 Å². The van der Waals surface area contributed by atoms with Crippen molar-refractivity contribution in [1.29, 1.82) is 0 Å². The molecule has 0 radical (unpaired) electrons. The van der Waals surface area contributed by atoms with Crippen molar-refractivity contribution in [2.45, 2.75) is 4.90 Å². The highest BCUT2D eigenvalue weighted by Gasteiger charge is 2.29. The first-order chi connectivity index (χ1) is 14.9. The molecule has 8 heteroatoms. The van der Waals surface area contributed by atoms with E-state index in [-0.39, 0.29) is 10.5 Å². The number of amides is 1. The molecule has 0 atom stereocenters. The fraction of sp³-hybridized carbons (Fsp3) is 0.261. The fourth-order valence-corrected chi connectivity index (χ4v) is 5.18. The Kier molecular flexibility index (Phi) is 5.95. The summed E-state index contributed by atoms with van der Waals surface area (Å²) in [6, 6.07) is 17.8. The quantitative estimate of drug-likeness (QED) is 0.661. The average Bonchev–Trinajstić information content (AvgIpc) is 2.79. The molecule has 162 valence electrons. The molecule has 0 bridgehead atoms. The number of carbonyl (C=O) groups is 1. The van der Waals surface area contributed by atoms with Gasteiger partial charge in [-0.25, -0.2) is 8.42 Å². The van der Waals surface area contributed by atoms with Crippen LogP contribution < -0.4 is 10.1 Å². The summed E-state index contributed by atoms with van der Waals surface area (Å²) < 4.78 is 33.1. The number of likely N-dealkylation sites (N-methyl/N-ethyl adjacent to an activating group) is 1. The maximum Gasteiger partial charge on any atom is 0.259 e. The number of piperazine rings is 1. The van der Waals surface area contributed by atoms with Crippen molar-refractivity contribution in [1.82, 2.24) is 9.21 Å². The average molecular weight is 440 g/mol. The number of nitrogens with zero attached hydrogens (tertiary/aromatic N) is 2. The first-order valence-electron chi connectivity index (χ1n) is 10.1. The maximum absolute atomic E-state index is 13.1. The van der Waals surface area contributed by atoms with Gasteiger partial charge in [-0.2, -0.15) is 4.31 Å². The second-order valence-corrected chi connectivity index (χ2v) is 9.49. The molecular formula is C23H25N3O4S. The number of sulfonamides is 1. The second kappa shape index (κ2) is 8.66. The van der Waals surface area contributed by atoms with Gasteiger partial charge >= 0.3 is 0 Å². The highest BCUT2D eigenvalue weighted by Crippen LogP contribution is 2.28. The summed E-state index contributed by atoms with van der Waals surface area (Å²) in [5, 5.41) is 4.81. The van der Waals surface area contributed by atoms with E-state index < -0.39 is 15.9 Å². The monoisotopic (exact) mass is 439 g/mol. The number of nitrogens with one attached hydrogen (secondary N) is 1. The molecule has 1 saturated heterocycles. The lowest BCUT2D eigenvalue weighted by atomic mass is 10.1. The van der Waals surface area contributed by atoms with Crippen LogP contribution in [0.2, 0.25) is 0 Å². The van der Waals surface area contributed by atoms with Crippen molar-refractivity contribution < 1.29 is 17.9 Å². The van der Waals surface area contributed by atoms with Gasteiger partial charge in [0.1, 0.15) is 5.75 Å². The first kappa shape index (κ1) is 21.3. The van der Waals surface area contributed by atoms with Crippen LogP contribution >= 0.6 is 0 Å². The third-order valence-corrected chi connectivity index (χ3v) is 7.45. The van der Waals surface area contributed by atoms with Crippen LogP contribution in [-0.4, -0.2) is 63.9 Å². The molecule has 3 aromatic rings. The molecule has 0 unspecified atom stereocenters. The number of anilines is 1. The molecule has 0 saturated carbocycles. The largest absolute Gasteiger partial charge is 0.496 e. The summed E-state index contributed by atoms with van der Waals surface area (Å²) in [4.78, 5) is 15.3. The molecule has 0 spiro atoms. The molecule has 4 rings (SSSR count). The normalized spacial score (nSPS) is 15.7. The van der Waals surface area contributed by atoms with Crippen molar-refractivity contribution in [2.24, 2.45) is 0 Å². The van der Waals surface area contributed by atoms with Crippen LogP contribution in [0.1, 0.15) is 10.4 Å². The van der Waals surface area contributed by atoms with Gasteiger partial charge in [-0.05, 0) is 36.7 Å². The van der Waals surface area contributed by atoms with Crippen LogP contribution in [0.4, 0.5) is 5.69 Å². The number of hydrogen-bond donors (Lipinski definition) is 1. The SMILES string of the molecule is COc1ccc(S(=O)(=O)N2CCN(C)CC2)cc1C(=O)Nc1cccc2ccccc12. The Morgan fingerprint density at radius 2 is 1.68 bits per heavy atom. The van der Waals surface area contributed by atoms with Crippen molar-refractivity contribution in [3.05, 3.63) is 66.2 Å². The number of hydrogen-bond acceptors (Lipinski definition) is 5. The van der Waals surface area contributed by atoms with Gasteiger partial charge in [0.05, 0.1) is 17.6 Å². The minimum absolute atomic E-state index is 0.0842. The summed E-state index contributed by atoms with van der Waals surface area (Å²) in [6.45, 7) is 2.18. The molecule has 1 aliphatic rings. The van der Waals surface area contributed by atoms with Gasteiger partial charge in [0, 0.05) is 37.3 Å². The van der Waals surface area contributed by atoms with Gasteiger partial charge in [-0.1, -0.05) is 36.4 Å². The molecule has 1 N–H and O–H groups in total. The number of methoxy groups -OCH3 is 1. The molecule has 1 amide bonds. The lowest BCUT2D eigenvalue weighted by Gasteiger charge is -2.31. The van der Waals surface area contributed by atoms with E-state index in [1.54, 1.807) is 0 Å². The van der Waals surface area contributed by atoms with Crippen LogP contribution in [-0.2, 0) is 10.0 Å². The Morgan fingerprint density at radius 1 is 0.968 bits per heavy atom. The summed E-state index contributed by atoms with van der Waals surface area (Å²) in [7, 11) is -0.281. The number of ether oxygens (including phenoxy) is 1. The molecular weight excluding hydrogens is 414 g/mol. The Labute approximate surface area is 182 Å².